The van der Waals surface area contributed by atoms with Gasteiger partial charge in [-0.1, -0.05) is 44.2 Å². The van der Waals surface area contributed by atoms with E-state index in [4.69, 9.17) is 18.9 Å². The Labute approximate surface area is 300 Å². The number of hydrogen-bond donors (Lipinski definition) is 3. The lowest BCUT2D eigenvalue weighted by Gasteiger charge is -2.40. The molecule has 0 bridgehead atoms. The number of sulfonamides is 1. The highest BCUT2D eigenvalue weighted by Crippen LogP contribution is 2.38. The normalized spacial score (nSPS) is 20.9. The third-order valence-corrected chi connectivity index (χ3v) is 11.8. The van der Waals surface area contributed by atoms with Crippen LogP contribution in [0.25, 0.3) is 0 Å². The van der Waals surface area contributed by atoms with E-state index in [1.165, 1.54) is 27.4 Å². The van der Waals surface area contributed by atoms with Crippen molar-refractivity contribution < 1.29 is 47.2 Å². The first-order valence-electron chi connectivity index (χ1n) is 17.7. The first-order chi connectivity index (χ1) is 24.3. The van der Waals surface area contributed by atoms with Gasteiger partial charge < -0.3 is 39.4 Å². The van der Waals surface area contributed by atoms with Crippen molar-refractivity contribution in [1.82, 2.24) is 19.4 Å². The maximum atomic E-state index is 14.5. The summed E-state index contributed by atoms with van der Waals surface area (Å²) >= 11 is 0. The summed E-state index contributed by atoms with van der Waals surface area (Å²) in [6.45, 7) is 9.48. The van der Waals surface area contributed by atoms with Crippen LogP contribution in [-0.4, -0.2) is 122 Å². The number of ether oxygens (including phenoxy) is 4. The van der Waals surface area contributed by atoms with Gasteiger partial charge in [-0.2, -0.15) is 4.31 Å². The number of rotatable bonds is 17. The Balaban J connectivity index is 1.42. The molecule has 3 aliphatic rings. The van der Waals surface area contributed by atoms with Crippen LogP contribution in [0.4, 0.5) is 9.59 Å². The Morgan fingerprint density at radius 2 is 1.76 bits per heavy atom. The monoisotopic (exact) mass is 732 g/mol. The number of hydrogen-bond acceptors (Lipinski definition) is 9. The second kappa shape index (κ2) is 16.8. The maximum absolute atomic E-state index is 14.5. The summed E-state index contributed by atoms with van der Waals surface area (Å²) in [6.07, 6.45) is -1.25. The molecule has 15 heteroatoms. The molecule has 0 spiro atoms. The maximum Gasteiger partial charge on any atom is 0.407 e. The van der Waals surface area contributed by atoms with Gasteiger partial charge >= 0.3 is 12.1 Å². The van der Waals surface area contributed by atoms with Gasteiger partial charge in [0.2, 0.25) is 16.8 Å². The Bertz CT molecular complexity index is 1590. The van der Waals surface area contributed by atoms with Crippen LogP contribution >= 0.6 is 0 Å². The third-order valence-electron chi connectivity index (χ3n) is 10.0. The summed E-state index contributed by atoms with van der Waals surface area (Å²) in [4.78, 5) is 28.4. The Morgan fingerprint density at radius 1 is 1.04 bits per heavy atom. The number of amides is 3. The molecule has 2 aromatic carbocycles. The largest absolute Gasteiger partial charge is 0.465 e. The van der Waals surface area contributed by atoms with Crippen molar-refractivity contribution in [2.75, 3.05) is 52.7 Å². The van der Waals surface area contributed by atoms with Crippen LogP contribution in [0.2, 0.25) is 0 Å². The van der Waals surface area contributed by atoms with Crippen molar-refractivity contribution >= 4 is 22.1 Å². The summed E-state index contributed by atoms with van der Waals surface area (Å²) < 4.78 is 52.6. The highest BCUT2D eigenvalue weighted by atomic mass is 32.2. The molecule has 2 saturated heterocycles. The number of carboxylic acid groups (broad SMARTS) is 1. The minimum absolute atomic E-state index is 0.0149. The van der Waals surface area contributed by atoms with Crippen LogP contribution in [0, 0.1) is 11.3 Å². The molecule has 51 heavy (non-hydrogen) atoms. The molecule has 2 fully saturated rings. The molecule has 0 aromatic heterocycles. The van der Waals surface area contributed by atoms with Gasteiger partial charge in [0.15, 0.2) is 17.8 Å². The van der Waals surface area contributed by atoms with Crippen molar-refractivity contribution in [3.8, 4) is 11.5 Å². The van der Waals surface area contributed by atoms with E-state index in [1.807, 2.05) is 58.0 Å². The molecule has 3 amide bonds. The summed E-state index contributed by atoms with van der Waals surface area (Å²) in [5.74, 6) is 0.523. The Hall–Kier alpha value is -3.63. The number of carbonyl (C=O) groups is 2. The lowest BCUT2D eigenvalue weighted by atomic mass is 9.87. The number of aliphatic hydroxyl groups is 1. The third kappa shape index (κ3) is 9.24. The van der Waals surface area contributed by atoms with E-state index in [0.29, 0.717) is 57.0 Å². The smallest absolute Gasteiger partial charge is 0.407 e. The lowest BCUT2D eigenvalue weighted by molar-refractivity contribution is -0.0906. The van der Waals surface area contributed by atoms with Gasteiger partial charge in [-0.05, 0) is 62.6 Å². The highest BCUT2D eigenvalue weighted by molar-refractivity contribution is 7.89. The number of urea groups is 1. The quantitative estimate of drug-likeness (QED) is 0.203. The predicted octanol–water partition coefficient (Wildman–Crippen LogP) is 3.98. The standard InChI is InChI=1S/C36H52N4O10S/c1-5-38(6-2)34(42)37-17-10-16-36(3,4)23-39(51(45,46)26-13-14-31-32(20-26)50-24-49-31)21-30(41)28(19-25-11-8-7-9-12-25)40(35(43)44)29-22-48-33-27(29)15-18-47-33/h7-9,11-14,20,27-30,33,41H,5-6,10,15-19,21-24H2,1-4H3,(H,37,42)(H,43,44)/t27-,28-,29-,30+,33+/m0/s1. The van der Waals surface area contributed by atoms with E-state index in [1.54, 1.807) is 4.90 Å². The van der Waals surface area contributed by atoms with Crippen molar-refractivity contribution in [2.24, 2.45) is 11.3 Å². The molecule has 5 atom stereocenters. The minimum atomic E-state index is -4.25. The van der Waals surface area contributed by atoms with Crippen LogP contribution in [0.1, 0.15) is 52.5 Å². The Morgan fingerprint density at radius 3 is 2.47 bits per heavy atom. The molecule has 3 heterocycles. The summed E-state index contributed by atoms with van der Waals surface area (Å²) in [6, 6.07) is 11.9. The van der Waals surface area contributed by atoms with Crippen molar-refractivity contribution in [3.63, 3.8) is 0 Å². The van der Waals surface area contributed by atoms with E-state index < -0.39 is 46.0 Å². The highest BCUT2D eigenvalue weighted by Gasteiger charge is 2.49. The summed E-state index contributed by atoms with van der Waals surface area (Å²) in [5.41, 5.74) is 0.196. The first-order valence-corrected chi connectivity index (χ1v) is 19.2. The van der Waals surface area contributed by atoms with Gasteiger partial charge in [-0.3, -0.25) is 4.90 Å². The fraction of sp³-hybridized carbons (Fsp3) is 0.611. The van der Waals surface area contributed by atoms with Crippen LogP contribution in [-0.2, 0) is 25.9 Å². The fourth-order valence-electron chi connectivity index (χ4n) is 7.24. The van der Waals surface area contributed by atoms with Crippen LogP contribution in [0.15, 0.2) is 53.4 Å². The second-order valence-electron chi connectivity index (χ2n) is 14.1. The fourth-order valence-corrected chi connectivity index (χ4v) is 8.90. The van der Waals surface area contributed by atoms with E-state index in [-0.39, 0.29) is 49.8 Å². The van der Waals surface area contributed by atoms with Gasteiger partial charge in [-0.15, -0.1) is 0 Å². The molecule has 3 N–H and O–H groups in total. The zero-order valence-electron chi connectivity index (χ0n) is 29.9. The van der Waals surface area contributed by atoms with Crippen molar-refractivity contribution in [2.45, 2.75) is 82.8 Å². The molecular weight excluding hydrogens is 680 g/mol. The lowest BCUT2D eigenvalue weighted by Crippen LogP contribution is -2.58. The molecule has 5 rings (SSSR count). The van der Waals surface area contributed by atoms with Gasteiger partial charge in [0, 0.05) is 44.7 Å². The Kier molecular flexibility index (Phi) is 12.7. The summed E-state index contributed by atoms with van der Waals surface area (Å²) in [7, 11) is -4.25. The number of fused-ring (bicyclic) bond motifs is 2. The SMILES string of the molecule is CCN(CC)C(=O)NCCCC(C)(C)CN(C[C@@H](O)[C@H](Cc1ccccc1)N(C(=O)O)[C@H]1CO[C@H]2OCC[C@H]21)S(=O)(=O)c1ccc2c(c1)OCO2. The van der Waals surface area contributed by atoms with Gasteiger partial charge in [0.05, 0.1) is 36.3 Å². The van der Waals surface area contributed by atoms with Gasteiger partial charge in [-0.25, -0.2) is 18.0 Å². The number of aliphatic hydroxyl groups excluding tert-OH is 1. The zero-order valence-corrected chi connectivity index (χ0v) is 30.7. The number of carbonyl (C=O) groups excluding carboxylic acids is 1. The molecule has 282 valence electrons. The molecule has 2 aromatic rings. The van der Waals surface area contributed by atoms with E-state index in [9.17, 15) is 28.2 Å². The molecule has 0 saturated carbocycles. The zero-order chi connectivity index (χ0) is 36.8. The first kappa shape index (κ1) is 38.6. The van der Waals surface area contributed by atoms with E-state index in [0.717, 1.165) is 5.56 Å². The average molecular weight is 733 g/mol. The predicted molar refractivity (Wildman–Crippen MR) is 188 cm³/mol. The molecule has 0 radical (unpaired) electrons. The molecule has 0 aliphatic carbocycles. The van der Waals surface area contributed by atoms with Crippen LogP contribution in [0.3, 0.4) is 0 Å². The minimum Gasteiger partial charge on any atom is -0.465 e. The van der Waals surface area contributed by atoms with Crippen molar-refractivity contribution in [1.29, 1.82) is 0 Å². The molecular formula is C36H52N4O10S. The topological polar surface area (TPSA) is 167 Å². The van der Waals surface area contributed by atoms with E-state index >= 15 is 0 Å². The number of nitrogens with zero attached hydrogens (tertiary/aromatic N) is 3. The molecule has 3 aliphatic heterocycles. The average Bonchev–Trinajstić information content (AvgIpc) is 3.85. The molecule has 14 nitrogen and oxygen atoms in total. The second-order valence-corrected chi connectivity index (χ2v) is 16.0. The van der Waals surface area contributed by atoms with Crippen LogP contribution < -0.4 is 14.8 Å². The number of benzene rings is 2. The molecule has 0 unspecified atom stereocenters. The van der Waals surface area contributed by atoms with Crippen molar-refractivity contribution in [3.05, 3.63) is 54.1 Å². The van der Waals surface area contributed by atoms with Gasteiger partial charge in [0.1, 0.15) is 0 Å². The number of nitrogens with one attached hydrogen (secondary N) is 1. The van der Waals surface area contributed by atoms with Gasteiger partial charge in [0.25, 0.3) is 0 Å². The summed E-state index contributed by atoms with van der Waals surface area (Å²) in [5, 5.41) is 25.7. The van der Waals surface area contributed by atoms with E-state index in [2.05, 4.69) is 5.32 Å². The van der Waals surface area contributed by atoms with Crippen LogP contribution in [0.5, 0.6) is 11.5 Å².